The number of thioether (sulfide) groups is 1. The summed E-state index contributed by atoms with van der Waals surface area (Å²) >= 11 is 2.97. The van der Waals surface area contributed by atoms with Gasteiger partial charge in [0.05, 0.1) is 25.1 Å². The molecule has 3 aromatic heterocycles. The summed E-state index contributed by atoms with van der Waals surface area (Å²) in [5, 5.41) is 10.8. The van der Waals surface area contributed by atoms with Crippen LogP contribution in [0.15, 0.2) is 70.0 Å². The van der Waals surface area contributed by atoms with Crippen LogP contribution in [0.25, 0.3) is 0 Å². The lowest BCUT2D eigenvalue weighted by Gasteiger charge is -2.25. The number of nitrogens with zero attached hydrogens (tertiary/aromatic N) is 4. The van der Waals surface area contributed by atoms with Crippen LogP contribution in [0.2, 0.25) is 0 Å². The van der Waals surface area contributed by atoms with Crippen molar-refractivity contribution in [2.75, 3.05) is 23.9 Å². The number of ether oxygens (including phenoxy) is 2. The van der Waals surface area contributed by atoms with Crippen molar-refractivity contribution in [1.29, 1.82) is 0 Å². The Bertz CT molecular complexity index is 1170. The maximum Gasteiger partial charge on any atom is 0.237 e. The van der Waals surface area contributed by atoms with E-state index in [1.165, 1.54) is 11.8 Å². The number of fused-ring (bicyclic) bond motifs is 1. The van der Waals surface area contributed by atoms with Gasteiger partial charge in [-0.2, -0.15) is 0 Å². The molecule has 164 valence electrons. The zero-order chi connectivity index (χ0) is 21.8. The summed E-state index contributed by atoms with van der Waals surface area (Å²) in [5.74, 6) is 2.34. The molecule has 0 radical (unpaired) electrons. The summed E-state index contributed by atoms with van der Waals surface area (Å²) in [5.41, 5.74) is 0.769. The van der Waals surface area contributed by atoms with Crippen LogP contribution in [0.1, 0.15) is 10.6 Å². The van der Waals surface area contributed by atoms with Gasteiger partial charge in [-0.05, 0) is 35.7 Å². The second-order valence-corrected chi connectivity index (χ2v) is 8.97. The molecule has 0 aliphatic carbocycles. The second-order valence-electron chi connectivity index (χ2n) is 7.00. The minimum atomic E-state index is -0.0346. The maximum atomic E-state index is 13.3. The van der Waals surface area contributed by atoms with E-state index >= 15 is 0 Å². The largest absolute Gasteiger partial charge is 0.486 e. The van der Waals surface area contributed by atoms with Crippen LogP contribution in [0.4, 0.5) is 5.69 Å². The zero-order valence-electron chi connectivity index (χ0n) is 17.0. The molecule has 5 rings (SSSR count). The highest BCUT2D eigenvalue weighted by Gasteiger charge is 2.21. The first-order valence-electron chi connectivity index (χ1n) is 10.0. The van der Waals surface area contributed by atoms with E-state index in [9.17, 15) is 4.79 Å². The third kappa shape index (κ3) is 4.66. The van der Waals surface area contributed by atoms with Gasteiger partial charge in [0.2, 0.25) is 5.91 Å². The lowest BCUT2D eigenvalue weighted by Crippen LogP contribution is -2.32. The molecule has 32 heavy (non-hydrogen) atoms. The first-order valence-corrected chi connectivity index (χ1v) is 11.9. The molecule has 1 aliphatic heterocycles. The van der Waals surface area contributed by atoms with E-state index in [4.69, 9.17) is 13.9 Å². The molecule has 8 nitrogen and oxygen atoms in total. The van der Waals surface area contributed by atoms with Crippen molar-refractivity contribution in [1.82, 2.24) is 14.8 Å². The van der Waals surface area contributed by atoms with Crippen LogP contribution in [-0.2, 0) is 17.9 Å². The molecule has 10 heteroatoms. The number of thiophene rings is 1. The van der Waals surface area contributed by atoms with E-state index < -0.39 is 0 Å². The fraction of sp³-hybridized carbons (Fsp3) is 0.227. The van der Waals surface area contributed by atoms with Gasteiger partial charge in [0.25, 0.3) is 0 Å². The molecule has 0 N–H and O–H groups in total. The molecule has 4 aromatic rings. The second kappa shape index (κ2) is 9.49. The van der Waals surface area contributed by atoms with Gasteiger partial charge in [0.15, 0.2) is 16.7 Å². The molecule has 0 bridgehead atoms. The lowest BCUT2D eigenvalue weighted by molar-refractivity contribution is -0.116. The zero-order valence-corrected chi connectivity index (χ0v) is 18.7. The fourth-order valence-corrected chi connectivity index (χ4v) is 4.80. The Labute approximate surface area is 192 Å². The lowest BCUT2D eigenvalue weighted by atomic mass is 10.2. The van der Waals surface area contributed by atoms with Crippen molar-refractivity contribution in [3.63, 3.8) is 0 Å². The van der Waals surface area contributed by atoms with Crippen LogP contribution < -0.4 is 14.4 Å². The van der Waals surface area contributed by atoms with E-state index in [1.54, 1.807) is 28.8 Å². The van der Waals surface area contributed by atoms with E-state index in [0.29, 0.717) is 43.0 Å². The summed E-state index contributed by atoms with van der Waals surface area (Å²) in [7, 11) is 0. The van der Waals surface area contributed by atoms with Gasteiger partial charge in [0, 0.05) is 16.6 Å². The smallest absolute Gasteiger partial charge is 0.237 e. The Kier molecular flexibility index (Phi) is 6.13. The van der Waals surface area contributed by atoms with Gasteiger partial charge >= 0.3 is 0 Å². The van der Waals surface area contributed by atoms with Crippen molar-refractivity contribution >= 4 is 34.7 Å². The minimum Gasteiger partial charge on any atom is -0.486 e. The number of rotatable bonds is 8. The van der Waals surface area contributed by atoms with Crippen molar-refractivity contribution in [2.45, 2.75) is 18.2 Å². The summed E-state index contributed by atoms with van der Waals surface area (Å²) in [6, 6.07) is 13.4. The van der Waals surface area contributed by atoms with Gasteiger partial charge in [-0.3, -0.25) is 4.79 Å². The van der Waals surface area contributed by atoms with Crippen molar-refractivity contribution in [2.24, 2.45) is 0 Å². The Morgan fingerprint density at radius 1 is 1.16 bits per heavy atom. The third-order valence-electron chi connectivity index (χ3n) is 4.84. The van der Waals surface area contributed by atoms with Gasteiger partial charge in [0.1, 0.15) is 25.3 Å². The summed E-state index contributed by atoms with van der Waals surface area (Å²) in [6.07, 6.45) is 3.27. The molecule has 0 atom stereocenters. The van der Waals surface area contributed by atoms with E-state index in [1.807, 2.05) is 52.4 Å². The van der Waals surface area contributed by atoms with Crippen LogP contribution in [0.3, 0.4) is 0 Å². The fourth-order valence-electron chi connectivity index (χ4n) is 3.32. The van der Waals surface area contributed by atoms with Crippen molar-refractivity contribution < 1.29 is 18.7 Å². The maximum absolute atomic E-state index is 13.3. The third-order valence-corrected chi connectivity index (χ3v) is 6.67. The number of hydrogen-bond donors (Lipinski definition) is 0. The molecular formula is C22H20N4O4S2. The normalized spacial score (nSPS) is 12.6. The number of benzene rings is 1. The SMILES string of the molecule is O=C(CSc1nncn1Cc1ccco1)N(Cc1cccs1)c1ccc2c(c1)OCCO2. The quantitative estimate of drug-likeness (QED) is 0.360. The summed E-state index contributed by atoms with van der Waals surface area (Å²) < 4.78 is 18.6. The molecule has 0 spiro atoms. The topological polar surface area (TPSA) is 82.6 Å². The standard InChI is InChI=1S/C22H20N4O4S2/c27-21(14-32-22-24-23-15-25(22)12-17-3-1-7-28-17)26(13-18-4-2-10-31-18)16-5-6-19-20(11-16)30-9-8-29-19/h1-7,10-11,15H,8-9,12-14H2. The minimum absolute atomic E-state index is 0.0346. The summed E-state index contributed by atoms with van der Waals surface area (Å²) in [4.78, 5) is 16.2. The number of hydrogen-bond acceptors (Lipinski definition) is 8. The van der Waals surface area contributed by atoms with Crippen molar-refractivity contribution in [3.8, 4) is 11.5 Å². The highest BCUT2D eigenvalue weighted by atomic mass is 32.2. The van der Waals surface area contributed by atoms with Gasteiger partial charge in [-0.1, -0.05) is 17.8 Å². The predicted octanol–water partition coefficient (Wildman–Crippen LogP) is 4.08. The van der Waals surface area contributed by atoms with E-state index in [0.717, 1.165) is 16.3 Å². The molecule has 4 heterocycles. The van der Waals surface area contributed by atoms with E-state index in [-0.39, 0.29) is 11.7 Å². The molecule has 1 aromatic carbocycles. The number of amides is 1. The number of furan rings is 1. The highest BCUT2D eigenvalue weighted by Crippen LogP contribution is 2.35. The number of anilines is 1. The van der Waals surface area contributed by atoms with Gasteiger partial charge in [-0.25, -0.2) is 0 Å². The molecule has 1 aliphatic rings. The Morgan fingerprint density at radius 2 is 2.06 bits per heavy atom. The summed E-state index contributed by atoms with van der Waals surface area (Å²) in [6.45, 7) is 2.02. The molecule has 0 saturated heterocycles. The molecule has 1 amide bonds. The number of carbonyl (C=O) groups is 1. The Morgan fingerprint density at radius 3 is 2.88 bits per heavy atom. The van der Waals surface area contributed by atoms with Gasteiger partial charge in [-0.15, -0.1) is 21.5 Å². The van der Waals surface area contributed by atoms with Crippen LogP contribution in [-0.4, -0.2) is 39.6 Å². The van der Waals surface area contributed by atoms with Crippen LogP contribution >= 0.6 is 23.1 Å². The van der Waals surface area contributed by atoms with Crippen molar-refractivity contribution in [3.05, 3.63) is 71.1 Å². The number of carbonyl (C=O) groups excluding carboxylic acids is 1. The van der Waals surface area contributed by atoms with Crippen LogP contribution in [0.5, 0.6) is 11.5 Å². The van der Waals surface area contributed by atoms with E-state index in [2.05, 4.69) is 10.2 Å². The predicted molar refractivity (Wildman–Crippen MR) is 121 cm³/mol. The monoisotopic (exact) mass is 468 g/mol. The molecule has 0 fully saturated rings. The highest BCUT2D eigenvalue weighted by molar-refractivity contribution is 7.99. The van der Waals surface area contributed by atoms with Crippen LogP contribution in [0, 0.1) is 0 Å². The molecule has 0 unspecified atom stereocenters. The first-order chi connectivity index (χ1) is 15.8. The first kappa shape index (κ1) is 20.7. The Balaban J connectivity index is 1.33. The molecular weight excluding hydrogens is 448 g/mol. The average molecular weight is 469 g/mol. The number of aromatic nitrogens is 3. The molecule has 0 saturated carbocycles. The van der Waals surface area contributed by atoms with Gasteiger partial charge < -0.3 is 23.4 Å². The average Bonchev–Trinajstić information content (AvgIpc) is 3.60. The Hall–Kier alpha value is -3.24.